The van der Waals surface area contributed by atoms with Crippen LogP contribution < -0.4 is 10.6 Å². The van der Waals surface area contributed by atoms with Gasteiger partial charge in [-0.3, -0.25) is 0 Å². The summed E-state index contributed by atoms with van der Waals surface area (Å²) in [5.74, 6) is 2.03. The van der Waals surface area contributed by atoms with E-state index < -0.39 is 0 Å². The van der Waals surface area contributed by atoms with Crippen molar-refractivity contribution in [2.45, 2.75) is 52.9 Å². The number of rotatable bonds is 7. The molecule has 1 rings (SSSR count). The number of nitrogen functional groups attached to an aromatic ring is 1. The molecule has 1 unspecified atom stereocenters. The van der Waals surface area contributed by atoms with Crippen LogP contribution in [0.15, 0.2) is 0 Å². The number of aromatic nitrogens is 2. The highest BCUT2D eigenvalue weighted by Gasteiger charge is 2.15. The molecule has 0 aliphatic rings. The minimum atomic E-state index is 0.645. The number of anilines is 2. The summed E-state index contributed by atoms with van der Waals surface area (Å²) < 4.78 is 0. The molecule has 4 heteroatoms. The number of hydrogen-bond donors (Lipinski definition) is 1. The van der Waals surface area contributed by atoms with E-state index in [-0.39, 0.29) is 0 Å². The van der Waals surface area contributed by atoms with Gasteiger partial charge in [0, 0.05) is 25.4 Å². The summed E-state index contributed by atoms with van der Waals surface area (Å²) in [5, 5.41) is 0. The van der Waals surface area contributed by atoms with Crippen molar-refractivity contribution in [3.05, 3.63) is 11.3 Å². The lowest BCUT2D eigenvalue weighted by molar-refractivity contribution is 0.448. The summed E-state index contributed by atoms with van der Waals surface area (Å²) in [4.78, 5) is 10.8. The predicted molar refractivity (Wildman–Crippen MR) is 82.5 cm³/mol. The first-order chi connectivity index (χ1) is 8.99. The molecule has 0 aliphatic carbocycles. The zero-order chi connectivity index (χ0) is 14.4. The van der Waals surface area contributed by atoms with Crippen LogP contribution in [0.2, 0.25) is 0 Å². The molecule has 0 aromatic carbocycles. The van der Waals surface area contributed by atoms with E-state index in [1.54, 1.807) is 0 Å². The first kappa shape index (κ1) is 15.7. The van der Waals surface area contributed by atoms with Crippen molar-refractivity contribution in [1.29, 1.82) is 0 Å². The fraction of sp³-hybridized carbons (Fsp3) is 0.733. The molecule has 0 fully saturated rings. The van der Waals surface area contributed by atoms with Gasteiger partial charge in [-0.2, -0.15) is 4.98 Å². The van der Waals surface area contributed by atoms with Crippen LogP contribution in [-0.2, 0) is 6.42 Å². The lowest BCUT2D eigenvalue weighted by Crippen LogP contribution is -2.17. The Morgan fingerprint density at radius 1 is 1.21 bits per heavy atom. The monoisotopic (exact) mass is 264 g/mol. The number of nitrogens with zero attached hydrogens (tertiary/aromatic N) is 3. The van der Waals surface area contributed by atoms with Crippen molar-refractivity contribution in [1.82, 2.24) is 9.97 Å². The van der Waals surface area contributed by atoms with Crippen molar-refractivity contribution < 1.29 is 0 Å². The van der Waals surface area contributed by atoms with Gasteiger partial charge in [-0.05, 0) is 19.3 Å². The Balaban J connectivity index is 2.88. The second kappa shape index (κ2) is 7.31. The summed E-state index contributed by atoms with van der Waals surface area (Å²) in [6, 6.07) is 0. The average Bonchev–Trinajstić information content (AvgIpc) is 2.37. The van der Waals surface area contributed by atoms with Gasteiger partial charge in [-0.25, -0.2) is 4.98 Å². The first-order valence-corrected chi connectivity index (χ1v) is 7.29. The molecule has 4 nitrogen and oxygen atoms in total. The van der Waals surface area contributed by atoms with Crippen molar-refractivity contribution in [3.63, 3.8) is 0 Å². The molecule has 0 saturated carbocycles. The van der Waals surface area contributed by atoms with Gasteiger partial charge in [-0.1, -0.05) is 39.5 Å². The lowest BCUT2D eigenvalue weighted by Gasteiger charge is -2.19. The van der Waals surface area contributed by atoms with Gasteiger partial charge in [0.1, 0.15) is 5.82 Å². The number of unbranched alkanes of at least 4 members (excludes halogenated alkanes) is 1. The molecule has 108 valence electrons. The molecule has 0 radical (unpaired) electrons. The van der Waals surface area contributed by atoms with Crippen LogP contribution in [0.25, 0.3) is 0 Å². The van der Waals surface area contributed by atoms with Gasteiger partial charge in [-0.15, -0.1) is 0 Å². The number of nitrogens with two attached hydrogens (primary N) is 1. The Morgan fingerprint density at radius 3 is 2.37 bits per heavy atom. The Kier molecular flexibility index (Phi) is 6.06. The fourth-order valence-corrected chi connectivity index (χ4v) is 2.29. The van der Waals surface area contributed by atoms with Crippen LogP contribution in [0.4, 0.5) is 11.8 Å². The molecular formula is C15H28N4. The van der Waals surface area contributed by atoms with Crippen molar-refractivity contribution in [3.8, 4) is 0 Å². The van der Waals surface area contributed by atoms with Crippen LogP contribution in [0, 0.1) is 12.8 Å². The smallest absolute Gasteiger partial charge is 0.227 e. The lowest BCUT2D eigenvalue weighted by atomic mass is 9.91. The molecule has 19 heavy (non-hydrogen) atoms. The maximum atomic E-state index is 6.11. The third-order valence-electron chi connectivity index (χ3n) is 3.67. The highest BCUT2D eigenvalue weighted by Crippen LogP contribution is 2.24. The summed E-state index contributed by atoms with van der Waals surface area (Å²) in [7, 11) is 3.87. The van der Waals surface area contributed by atoms with Gasteiger partial charge in [0.15, 0.2) is 0 Å². The minimum Gasteiger partial charge on any atom is -0.383 e. The third kappa shape index (κ3) is 4.37. The molecule has 0 bridgehead atoms. The molecule has 1 aromatic rings. The van der Waals surface area contributed by atoms with Gasteiger partial charge in [0.05, 0.1) is 0 Å². The summed E-state index contributed by atoms with van der Waals surface area (Å²) in [6.07, 6.45) is 5.99. The normalized spacial score (nSPS) is 12.5. The van der Waals surface area contributed by atoms with Gasteiger partial charge in [0.2, 0.25) is 5.95 Å². The maximum absolute atomic E-state index is 6.11. The largest absolute Gasteiger partial charge is 0.383 e. The highest BCUT2D eigenvalue weighted by atomic mass is 15.2. The van der Waals surface area contributed by atoms with E-state index in [9.17, 15) is 0 Å². The SMILES string of the molecule is CCCCC(CC)Cc1c(C)nc(N(C)C)nc1N. The van der Waals surface area contributed by atoms with Crippen molar-refractivity contribution in [2.24, 2.45) is 5.92 Å². The van der Waals surface area contributed by atoms with Gasteiger partial charge >= 0.3 is 0 Å². The molecular weight excluding hydrogens is 236 g/mol. The van der Waals surface area contributed by atoms with Crippen LogP contribution in [0.3, 0.4) is 0 Å². The minimum absolute atomic E-state index is 0.645. The van der Waals surface area contributed by atoms with E-state index in [0.717, 1.165) is 17.7 Å². The molecule has 0 spiro atoms. The molecule has 2 N–H and O–H groups in total. The molecule has 1 aromatic heterocycles. The molecule has 1 atom stereocenters. The molecule has 0 amide bonds. The van der Waals surface area contributed by atoms with Crippen molar-refractivity contribution in [2.75, 3.05) is 24.7 Å². The van der Waals surface area contributed by atoms with Crippen LogP contribution >= 0.6 is 0 Å². The van der Waals surface area contributed by atoms with Gasteiger partial charge < -0.3 is 10.6 Å². The Bertz CT molecular complexity index is 378. The van der Waals surface area contributed by atoms with E-state index in [1.165, 1.54) is 25.7 Å². The van der Waals surface area contributed by atoms with Crippen molar-refractivity contribution >= 4 is 11.8 Å². The zero-order valence-electron chi connectivity index (χ0n) is 13.0. The molecule has 0 aliphatic heterocycles. The topological polar surface area (TPSA) is 55.0 Å². The van der Waals surface area contributed by atoms with Crippen LogP contribution in [0.1, 0.15) is 50.8 Å². The maximum Gasteiger partial charge on any atom is 0.227 e. The second-order valence-corrected chi connectivity index (χ2v) is 5.49. The Labute approximate surface area is 117 Å². The third-order valence-corrected chi connectivity index (χ3v) is 3.67. The number of aryl methyl sites for hydroxylation is 1. The standard InChI is InChI=1S/C15H28N4/c1-6-8-9-12(7-2)10-13-11(3)17-15(19(4)5)18-14(13)16/h12H,6-10H2,1-5H3,(H2,16,17,18). The quantitative estimate of drug-likeness (QED) is 0.821. The van der Waals surface area contributed by atoms with E-state index in [0.29, 0.717) is 17.7 Å². The fourth-order valence-electron chi connectivity index (χ4n) is 2.29. The Morgan fingerprint density at radius 2 is 1.89 bits per heavy atom. The summed E-state index contributed by atoms with van der Waals surface area (Å²) in [5.41, 5.74) is 8.27. The second-order valence-electron chi connectivity index (χ2n) is 5.49. The van der Waals surface area contributed by atoms with Gasteiger partial charge in [0.25, 0.3) is 0 Å². The Hall–Kier alpha value is -1.32. The summed E-state index contributed by atoms with van der Waals surface area (Å²) >= 11 is 0. The van der Waals surface area contributed by atoms with Crippen LogP contribution in [0.5, 0.6) is 0 Å². The zero-order valence-corrected chi connectivity index (χ0v) is 13.0. The van der Waals surface area contributed by atoms with E-state index in [4.69, 9.17) is 5.73 Å². The highest BCUT2D eigenvalue weighted by molar-refractivity contribution is 5.47. The average molecular weight is 264 g/mol. The first-order valence-electron chi connectivity index (χ1n) is 7.29. The summed E-state index contributed by atoms with van der Waals surface area (Å²) in [6.45, 7) is 6.52. The number of hydrogen-bond acceptors (Lipinski definition) is 4. The predicted octanol–water partition coefficient (Wildman–Crippen LogP) is 3.19. The van der Waals surface area contributed by atoms with Crippen LogP contribution in [-0.4, -0.2) is 24.1 Å². The van der Waals surface area contributed by atoms with E-state index >= 15 is 0 Å². The van der Waals surface area contributed by atoms with E-state index in [2.05, 4.69) is 23.8 Å². The molecule has 0 saturated heterocycles. The van der Waals surface area contributed by atoms with E-state index in [1.807, 2.05) is 25.9 Å². The molecule has 1 heterocycles.